The lowest BCUT2D eigenvalue weighted by molar-refractivity contribution is -0.136. The van der Waals surface area contributed by atoms with Crippen LogP contribution in [0.5, 0.6) is 5.75 Å². The van der Waals surface area contributed by atoms with Gasteiger partial charge in [-0.3, -0.25) is 34.5 Å². The van der Waals surface area contributed by atoms with E-state index >= 15 is 0 Å². The molecular formula is C43H50N10O5. The summed E-state index contributed by atoms with van der Waals surface area (Å²) < 4.78 is 6.23. The molecule has 4 amide bonds. The second-order valence-electron chi connectivity index (χ2n) is 17.4. The molecule has 5 fully saturated rings. The number of piperazine rings is 1. The van der Waals surface area contributed by atoms with Gasteiger partial charge >= 0.3 is 0 Å². The van der Waals surface area contributed by atoms with Gasteiger partial charge in [0.15, 0.2) is 0 Å². The van der Waals surface area contributed by atoms with Crippen LogP contribution in [0.1, 0.15) is 72.6 Å². The molecule has 4 saturated heterocycles. The molecule has 4 aromatic rings. The summed E-state index contributed by atoms with van der Waals surface area (Å²) >= 11 is 0. The van der Waals surface area contributed by atoms with E-state index in [1.165, 1.54) is 0 Å². The average Bonchev–Trinajstić information content (AvgIpc) is 3.51. The molecular weight excluding hydrogens is 737 g/mol. The zero-order valence-corrected chi connectivity index (χ0v) is 33.0. The standard InChI is InChI=1S/C43H50N10O5/c1-43(11-12-43)58-30-3-5-34-33(21-30)39(48-47-34)35-22-37(45-26-44-35)52-15-10-28(25-52)24-50-18-16-49(17-19-50)23-27-8-13-51(14-9-27)29-2-4-31-32(20-29)42(57)53(41(31)56)36-6-7-38(54)46-40(36)55/h2-5,20-22,26-28,36H,6-19,23-25H2,1H3,(H,47,48)(H,46,54,55)/t28-,36?/m0/s1. The van der Waals surface area contributed by atoms with Crippen molar-refractivity contribution in [1.29, 1.82) is 0 Å². The molecule has 0 bridgehead atoms. The highest BCUT2D eigenvalue weighted by molar-refractivity contribution is 6.23. The highest BCUT2D eigenvalue weighted by atomic mass is 16.5. The van der Waals surface area contributed by atoms with E-state index in [1.807, 2.05) is 18.2 Å². The summed E-state index contributed by atoms with van der Waals surface area (Å²) in [6, 6.07) is 12.7. The number of carbonyl (C=O) groups is 4. The zero-order chi connectivity index (χ0) is 39.5. The monoisotopic (exact) mass is 786 g/mol. The van der Waals surface area contributed by atoms with E-state index in [4.69, 9.17) is 4.74 Å². The maximum Gasteiger partial charge on any atom is 0.262 e. The molecule has 58 heavy (non-hydrogen) atoms. The Hall–Kier alpha value is -5.41. The molecule has 15 nitrogen and oxygen atoms in total. The fourth-order valence-corrected chi connectivity index (χ4v) is 9.57. The van der Waals surface area contributed by atoms with Crippen molar-refractivity contribution in [3.63, 3.8) is 0 Å². The number of benzene rings is 2. The summed E-state index contributed by atoms with van der Waals surface area (Å²) in [6.07, 6.45) is 7.38. The van der Waals surface area contributed by atoms with Gasteiger partial charge in [-0.1, -0.05) is 0 Å². The normalized spacial score (nSPS) is 24.2. The van der Waals surface area contributed by atoms with E-state index in [0.29, 0.717) is 23.0 Å². The number of ether oxygens (including phenoxy) is 1. The van der Waals surface area contributed by atoms with E-state index < -0.39 is 23.8 Å². The summed E-state index contributed by atoms with van der Waals surface area (Å²) in [6.45, 7) is 12.5. The minimum atomic E-state index is -0.954. The molecule has 302 valence electrons. The second-order valence-corrected chi connectivity index (χ2v) is 17.4. The Morgan fingerprint density at radius 3 is 2.26 bits per heavy atom. The van der Waals surface area contributed by atoms with Crippen LogP contribution in [0.2, 0.25) is 0 Å². The Morgan fingerprint density at radius 2 is 1.50 bits per heavy atom. The predicted molar refractivity (Wildman–Crippen MR) is 217 cm³/mol. The Morgan fingerprint density at radius 1 is 0.776 bits per heavy atom. The number of carbonyl (C=O) groups excluding carboxylic acids is 4. The van der Waals surface area contributed by atoms with Crippen molar-refractivity contribution in [2.45, 2.75) is 63.5 Å². The minimum absolute atomic E-state index is 0.0448. The molecule has 0 spiro atoms. The molecule has 2 N–H and O–H groups in total. The lowest BCUT2D eigenvalue weighted by atomic mass is 9.95. The fourth-order valence-electron chi connectivity index (χ4n) is 9.57. The molecule has 0 radical (unpaired) electrons. The lowest BCUT2D eigenvalue weighted by Gasteiger charge is -2.40. The number of aromatic amines is 1. The Balaban J connectivity index is 0.681. The summed E-state index contributed by atoms with van der Waals surface area (Å²) in [5, 5.41) is 11.1. The SMILES string of the molecule is CC1(Oc2ccc3[nH]nc(-c4cc(N5CC[C@@H](CN6CCN(CC7CCN(c8ccc9c(c8)C(=O)N(C8CCC(=O)NC8=O)C9=O)CC7)CC6)C5)ncn4)c3c2)CC1. The summed E-state index contributed by atoms with van der Waals surface area (Å²) in [7, 11) is 0. The molecule has 7 heterocycles. The van der Waals surface area contributed by atoms with Crippen LogP contribution in [0, 0.1) is 11.8 Å². The third-order valence-electron chi connectivity index (χ3n) is 13.3. The number of aromatic nitrogens is 4. The van der Waals surface area contributed by atoms with Crippen molar-refractivity contribution in [2.75, 3.05) is 75.2 Å². The molecule has 2 aromatic carbocycles. The first-order valence-corrected chi connectivity index (χ1v) is 21.0. The number of nitrogens with zero attached hydrogens (tertiary/aromatic N) is 8. The second kappa shape index (κ2) is 14.8. The van der Waals surface area contributed by atoms with Crippen LogP contribution in [-0.4, -0.2) is 136 Å². The largest absolute Gasteiger partial charge is 0.488 e. The molecule has 1 saturated carbocycles. The van der Waals surface area contributed by atoms with E-state index in [-0.39, 0.29) is 24.3 Å². The molecule has 15 heteroatoms. The third-order valence-corrected chi connectivity index (χ3v) is 13.3. The zero-order valence-electron chi connectivity index (χ0n) is 33.0. The highest BCUT2D eigenvalue weighted by Gasteiger charge is 2.45. The number of anilines is 2. The molecule has 10 rings (SSSR count). The number of fused-ring (bicyclic) bond motifs is 2. The minimum Gasteiger partial charge on any atom is -0.488 e. The Bertz CT molecular complexity index is 2270. The first-order chi connectivity index (χ1) is 28.2. The van der Waals surface area contributed by atoms with Gasteiger partial charge in [0.25, 0.3) is 11.8 Å². The van der Waals surface area contributed by atoms with Crippen molar-refractivity contribution >= 4 is 46.0 Å². The van der Waals surface area contributed by atoms with Crippen molar-refractivity contribution in [3.05, 3.63) is 59.9 Å². The number of hydrogen-bond acceptors (Lipinski definition) is 12. The molecule has 2 aromatic heterocycles. The number of H-pyrrole nitrogens is 1. The van der Waals surface area contributed by atoms with Crippen LogP contribution in [0.25, 0.3) is 22.3 Å². The molecule has 2 atom stereocenters. The van der Waals surface area contributed by atoms with E-state index in [0.717, 1.165) is 142 Å². The number of rotatable bonds is 10. The summed E-state index contributed by atoms with van der Waals surface area (Å²) in [5.41, 5.74) is 4.14. The van der Waals surface area contributed by atoms with Gasteiger partial charge in [-0.15, -0.1) is 0 Å². The third kappa shape index (κ3) is 7.18. The molecule has 1 unspecified atom stereocenters. The van der Waals surface area contributed by atoms with Crippen molar-refractivity contribution in [1.82, 2.24) is 40.2 Å². The fraction of sp³-hybridized carbons (Fsp3) is 0.512. The van der Waals surface area contributed by atoms with Gasteiger partial charge in [0.05, 0.1) is 22.3 Å². The van der Waals surface area contributed by atoms with Gasteiger partial charge in [-0.2, -0.15) is 5.10 Å². The van der Waals surface area contributed by atoms with Crippen molar-refractivity contribution < 1.29 is 23.9 Å². The number of amides is 4. The predicted octanol–water partition coefficient (Wildman–Crippen LogP) is 3.71. The maximum atomic E-state index is 13.4. The van der Waals surface area contributed by atoms with Gasteiger partial charge in [0.2, 0.25) is 11.8 Å². The number of nitrogens with one attached hydrogen (secondary N) is 2. The van der Waals surface area contributed by atoms with Crippen molar-refractivity contribution in [3.8, 4) is 17.1 Å². The van der Waals surface area contributed by atoms with E-state index in [9.17, 15) is 19.2 Å². The quantitative estimate of drug-likeness (QED) is 0.225. The van der Waals surface area contributed by atoms with Gasteiger partial charge in [0.1, 0.15) is 35.2 Å². The van der Waals surface area contributed by atoms with Gasteiger partial charge < -0.3 is 24.3 Å². The van der Waals surface area contributed by atoms with Crippen LogP contribution >= 0.6 is 0 Å². The smallest absolute Gasteiger partial charge is 0.262 e. The lowest BCUT2D eigenvalue weighted by Crippen LogP contribution is -2.54. The topological polar surface area (TPSA) is 160 Å². The van der Waals surface area contributed by atoms with E-state index in [2.05, 4.69) is 64.1 Å². The Kier molecular flexibility index (Phi) is 9.39. The number of hydrogen-bond donors (Lipinski definition) is 2. The Labute approximate surface area is 337 Å². The molecule has 5 aliphatic heterocycles. The van der Waals surface area contributed by atoms with Gasteiger partial charge in [-0.05, 0) is 93.7 Å². The highest BCUT2D eigenvalue weighted by Crippen LogP contribution is 2.41. The average molecular weight is 787 g/mol. The van der Waals surface area contributed by atoms with Crippen LogP contribution in [0.15, 0.2) is 48.8 Å². The number of piperidine rings is 2. The first kappa shape index (κ1) is 36.9. The van der Waals surface area contributed by atoms with Crippen LogP contribution in [0.3, 0.4) is 0 Å². The van der Waals surface area contributed by atoms with Gasteiger partial charge in [-0.25, -0.2) is 9.97 Å². The van der Waals surface area contributed by atoms with Crippen LogP contribution in [0.4, 0.5) is 11.5 Å². The van der Waals surface area contributed by atoms with Crippen molar-refractivity contribution in [2.24, 2.45) is 11.8 Å². The number of imide groups is 2. The molecule has 1 aliphatic carbocycles. The first-order valence-electron chi connectivity index (χ1n) is 21.0. The van der Waals surface area contributed by atoms with E-state index in [1.54, 1.807) is 18.5 Å². The van der Waals surface area contributed by atoms with Crippen LogP contribution < -0.4 is 19.9 Å². The maximum absolute atomic E-state index is 13.4. The summed E-state index contributed by atoms with van der Waals surface area (Å²) in [4.78, 5) is 70.9. The molecule has 6 aliphatic rings. The van der Waals surface area contributed by atoms with Crippen LogP contribution in [-0.2, 0) is 9.59 Å². The summed E-state index contributed by atoms with van der Waals surface area (Å²) in [5.74, 6) is 1.13. The van der Waals surface area contributed by atoms with Gasteiger partial charge in [0, 0.05) is 89.0 Å².